The van der Waals surface area contributed by atoms with Crippen molar-refractivity contribution < 1.29 is 14.0 Å². The average Bonchev–Trinajstić information content (AvgIpc) is 3.78. The van der Waals surface area contributed by atoms with E-state index in [0.29, 0.717) is 23.7 Å². The molecule has 4 saturated carbocycles. The third-order valence-electron chi connectivity index (χ3n) is 15.5. The number of aliphatic hydroxyl groups excluding tert-OH is 1. The summed E-state index contributed by atoms with van der Waals surface area (Å²) in [6.45, 7) is 37.7. The van der Waals surface area contributed by atoms with Crippen LogP contribution < -0.4 is 0 Å². The van der Waals surface area contributed by atoms with Crippen LogP contribution in [0, 0.1) is 23.2 Å². The molecule has 53 heavy (non-hydrogen) atoms. The molecule has 3 nitrogen and oxygen atoms in total. The molecule has 0 heterocycles. The molecular weight excluding hydrogens is 681 g/mol. The van der Waals surface area contributed by atoms with E-state index < -0.39 is 22.7 Å². The normalized spacial score (nSPS) is 31.1. The fourth-order valence-electron chi connectivity index (χ4n) is 9.60. The van der Waals surface area contributed by atoms with Crippen LogP contribution in [-0.2, 0) is 14.3 Å². The highest BCUT2D eigenvalue weighted by atomic mass is 28.4. The van der Waals surface area contributed by atoms with E-state index in [0.717, 1.165) is 25.7 Å². The van der Waals surface area contributed by atoms with Gasteiger partial charge in [-0.25, -0.2) is 0 Å². The first-order chi connectivity index (χ1) is 24.4. The summed E-state index contributed by atoms with van der Waals surface area (Å²) in [5.74, 6) is 2.21. The van der Waals surface area contributed by atoms with E-state index in [1.165, 1.54) is 54.4 Å². The zero-order valence-electron chi connectivity index (χ0n) is 36.5. The number of allylic oxidation sites excluding steroid dienone is 4. The molecule has 0 aliphatic heterocycles. The van der Waals surface area contributed by atoms with Crippen LogP contribution >= 0.6 is 0 Å². The van der Waals surface area contributed by atoms with Gasteiger partial charge in [0.1, 0.15) is 0 Å². The van der Waals surface area contributed by atoms with Crippen molar-refractivity contribution >= 4 is 16.6 Å². The molecule has 0 aromatic heterocycles. The summed E-state index contributed by atoms with van der Waals surface area (Å²) >= 11 is 0. The fourth-order valence-corrected chi connectivity index (χ4v) is 12.3. The van der Waals surface area contributed by atoms with E-state index in [1.54, 1.807) is 5.57 Å². The Hall–Kier alpha value is -1.51. The van der Waals surface area contributed by atoms with E-state index in [9.17, 15) is 5.11 Å². The fraction of sp³-hybridized carbons (Fsp3) is 0.708. The first kappa shape index (κ1) is 42.6. The van der Waals surface area contributed by atoms with Gasteiger partial charge in [0.2, 0.25) is 0 Å². The number of hydrogen-bond donors (Lipinski definition) is 1. The molecule has 0 amide bonds. The molecule has 0 unspecified atom stereocenters. The largest absolute Gasteiger partial charge is 0.413 e. The first-order valence-electron chi connectivity index (χ1n) is 21.3. The van der Waals surface area contributed by atoms with E-state index in [-0.39, 0.29) is 33.1 Å². The highest BCUT2D eigenvalue weighted by Gasteiger charge is 2.52. The van der Waals surface area contributed by atoms with Crippen LogP contribution in [0.25, 0.3) is 0 Å². The van der Waals surface area contributed by atoms with Gasteiger partial charge < -0.3 is 14.0 Å². The van der Waals surface area contributed by atoms with Crippen molar-refractivity contribution in [1.82, 2.24) is 0 Å². The van der Waals surface area contributed by atoms with E-state index in [4.69, 9.17) is 15.4 Å². The maximum Gasteiger partial charge on any atom is 0.192 e. The Morgan fingerprint density at radius 2 is 1.45 bits per heavy atom. The van der Waals surface area contributed by atoms with Crippen LogP contribution in [0.1, 0.15) is 144 Å². The Morgan fingerprint density at radius 3 is 2.02 bits per heavy atom. The van der Waals surface area contributed by atoms with Crippen molar-refractivity contribution in [3.8, 4) is 0 Å². The molecule has 0 radical (unpaired) electrons. The Labute approximate surface area is 328 Å². The lowest BCUT2D eigenvalue weighted by Crippen LogP contribution is -2.49. The van der Waals surface area contributed by atoms with Crippen molar-refractivity contribution in [3.63, 3.8) is 0 Å². The summed E-state index contributed by atoms with van der Waals surface area (Å²) in [7, 11) is -3.96. The molecule has 5 heteroatoms. The van der Waals surface area contributed by atoms with Gasteiger partial charge in [0.05, 0.1) is 18.3 Å². The molecule has 4 fully saturated rings. The summed E-state index contributed by atoms with van der Waals surface area (Å²) in [5.41, 5.74) is 6.98. The Balaban J connectivity index is 1.33. The lowest BCUT2D eigenvalue weighted by atomic mass is 9.61. The SMILES string of the molecule is C=C1C(=CC=C2CCC[C@]3(C)[C@@H]([C@H](C)C=C[C@@H](O)C4(c5ccc(C(C)C)cc5)CC4)CC[C@@H]23)C[C@@H](O[Si](C)(C)C(C)(C)C)C[C@@H]1O[Si](C)(C)C(C)(C)C. The summed E-state index contributed by atoms with van der Waals surface area (Å²) < 4.78 is 14.2. The highest BCUT2D eigenvalue weighted by Crippen LogP contribution is 2.60. The molecular formula is C48H78O3Si2. The van der Waals surface area contributed by atoms with Crippen molar-refractivity contribution in [2.45, 2.75) is 193 Å². The van der Waals surface area contributed by atoms with Gasteiger partial charge in [-0.05, 0) is 139 Å². The van der Waals surface area contributed by atoms with E-state index in [2.05, 4.69) is 144 Å². The van der Waals surface area contributed by atoms with Crippen LogP contribution in [0.15, 0.2) is 71.9 Å². The minimum atomic E-state index is -2.00. The Morgan fingerprint density at radius 1 is 0.849 bits per heavy atom. The summed E-state index contributed by atoms with van der Waals surface area (Å²) in [5, 5.41) is 11.8. The molecule has 7 atom stereocenters. The zero-order valence-corrected chi connectivity index (χ0v) is 38.5. The molecule has 4 aliphatic rings. The molecule has 1 N–H and O–H groups in total. The molecule has 1 aromatic carbocycles. The third-order valence-corrected chi connectivity index (χ3v) is 24.5. The van der Waals surface area contributed by atoms with E-state index in [1.807, 2.05) is 0 Å². The van der Waals surface area contributed by atoms with Crippen molar-refractivity contribution in [3.05, 3.63) is 83.0 Å². The highest BCUT2D eigenvalue weighted by molar-refractivity contribution is 6.74. The summed E-state index contributed by atoms with van der Waals surface area (Å²) in [6.07, 6.45) is 19.4. The molecule has 1 aromatic rings. The van der Waals surface area contributed by atoms with Crippen molar-refractivity contribution in [1.29, 1.82) is 0 Å². The predicted octanol–water partition coefficient (Wildman–Crippen LogP) is 13.6. The van der Waals surface area contributed by atoms with Crippen molar-refractivity contribution in [2.24, 2.45) is 23.2 Å². The number of fused-ring (bicyclic) bond motifs is 1. The number of aliphatic hydroxyl groups is 1. The topological polar surface area (TPSA) is 38.7 Å². The van der Waals surface area contributed by atoms with E-state index >= 15 is 0 Å². The molecule has 0 bridgehead atoms. The van der Waals surface area contributed by atoms with Crippen LogP contribution in [0.2, 0.25) is 36.3 Å². The number of hydrogen-bond acceptors (Lipinski definition) is 3. The molecule has 5 rings (SSSR count). The average molecular weight is 759 g/mol. The summed E-state index contributed by atoms with van der Waals surface area (Å²) in [6, 6.07) is 9.05. The van der Waals surface area contributed by atoms with Crippen LogP contribution in [0.3, 0.4) is 0 Å². The maximum atomic E-state index is 11.5. The maximum absolute atomic E-state index is 11.5. The van der Waals surface area contributed by atoms with Gasteiger partial charge in [0.25, 0.3) is 0 Å². The number of benzene rings is 1. The smallest absolute Gasteiger partial charge is 0.192 e. The Kier molecular flexibility index (Phi) is 12.4. The minimum absolute atomic E-state index is 0.00806. The van der Waals surface area contributed by atoms with Gasteiger partial charge in [0.15, 0.2) is 16.6 Å². The lowest BCUT2D eigenvalue weighted by Gasteiger charge is -2.45. The predicted molar refractivity (Wildman–Crippen MR) is 233 cm³/mol. The van der Waals surface area contributed by atoms with Gasteiger partial charge >= 0.3 is 0 Å². The van der Waals surface area contributed by atoms with Gasteiger partial charge in [0, 0.05) is 11.8 Å². The first-order valence-corrected chi connectivity index (χ1v) is 27.1. The van der Waals surface area contributed by atoms with Crippen LogP contribution in [0.4, 0.5) is 0 Å². The monoisotopic (exact) mass is 759 g/mol. The molecule has 0 spiro atoms. The standard InChI is InChI=1S/C48H78O3Si2/c1-33(2)36-21-23-39(24-22-36)48(29-30-48)44(49)27-18-34(3)41-25-26-42-37(17-16-28-47(41,42)11)19-20-38-31-40(50-52(12,13)45(5,6)7)32-43(35(38)4)51-53(14,15)46(8,9)10/h18-24,27,33-34,40-44,49H,4,16-17,25-26,28-32H2,1-3,5-15H3/t34-,40-,41-,42+,43+,44-,47-/m1/s1. The minimum Gasteiger partial charge on any atom is -0.413 e. The van der Waals surface area contributed by atoms with Crippen LogP contribution in [-0.4, -0.2) is 40.1 Å². The number of rotatable bonds is 11. The van der Waals surface area contributed by atoms with Gasteiger partial charge in [-0.15, -0.1) is 0 Å². The Bertz CT molecular complexity index is 1540. The second-order valence-electron chi connectivity index (χ2n) is 21.5. The van der Waals surface area contributed by atoms with Gasteiger partial charge in [-0.3, -0.25) is 0 Å². The summed E-state index contributed by atoms with van der Waals surface area (Å²) in [4.78, 5) is 0. The lowest BCUT2D eigenvalue weighted by molar-refractivity contribution is 0.0969. The second-order valence-corrected chi connectivity index (χ2v) is 31.0. The molecule has 296 valence electrons. The van der Waals surface area contributed by atoms with Gasteiger partial charge in [-0.1, -0.05) is 130 Å². The third kappa shape index (κ3) is 8.90. The quantitative estimate of drug-likeness (QED) is 0.180. The van der Waals surface area contributed by atoms with Crippen LogP contribution in [0.5, 0.6) is 0 Å². The second kappa shape index (κ2) is 15.4. The van der Waals surface area contributed by atoms with Gasteiger partial charge in [-0.2, -0.15) is 0 Å². The van der Waals surface area contributed by atoms with Crippen molar-refractivity contribution in [2.75, 3.05) is 0 Å². The zero-order chi connectivity index (χ0) is 39.4. The molecule has 4 aliphatic carbocycles. The molecule has 0 saturated heterocycles.